The van der Waals surface area contributed by atoms with Crippen LogP contribution in [0.1, 0.15) is 39.3 Å². The van der Waals surface area contributed by atoms with Crippen molar-refractivity contribution in [1.82, 2.24) is 10.3 Å². The highest BCUT2D eigenvalue weighted by atomic mass is 32.2. The topological polar surface area (TPSA) is 85.4 Å². The third kappa shape index (κ3) is 4.43. The van der Waals surface area contributed by atoms with Gasteiger partial charge >= 0.3 is 0 Å². The first-order valence-corrected chi connectivity index (χ1v) is 9.49. The van der Waals surface area contributed by atoms with Crippen LogP contribution in [0.3, 0.4) is 0 Å². The van der Waals surface area contributed by atoms with Crippen molar-refractivity contribution in [2.75, 3.05) is 12.4 Å². The Morgan fingerprint density at radius 3 is 2.83 bits per heavy atom. The second-order valence-corrected chi connectivity index (χ2v) is 9.16. The molecule has 0 bridgehead atoms. The van der Waals surface area contributed by atoms with E-state index < -0.39 is 14.6 Å². The van der Waals surface area contributed by atoms with Gasteiger partial charge in [0, 0.05) is 12.1 Å². The molecule has 1 saturated heterocycles. The molecule has 1 fully saturated rings. The summed E-state index contributed by atoms with van der Waals surface area (Å²) in [5.41, 5.74) is 0.635. The molecule has 7 heteroatoms. The fourth-order valence-corrected chi connectivity index (χ4v) is 4.35. The van der Waals surface area contributed by atoms with E-state index in [0.29, 0.717) is 31.0 Å². The second-order valence-electron chi connectivity index (χ2n) is 6.41. The van der Waals surface area contributed by atoms with E-state index >= 15 is 0 Å². The number of nitrogens with zero attached hydrogens (tertiary/aromatic N) is 1. The molecule has 0 spiro atoms. The lowest BCUT2D eigenvalue weighted by Gasteiger charge is -2.35. The molecular formula is C16H24N2O4S. The molecular weight excluding hydrogens is 316 g/mol. The number of sulfone groups is 1. The molecule has 1 aromatic heterocycles. The summed E-state index contributed by atoms with van der Waals surface area (Å²) >= 11 is 0. The van der Waals surface area contributed by atoms with Gasteiger partial charge in [-0.2, -0.15) is 0 Å². The number of aromatic nitrogens is 1. The molecule has 1 atom stereocenters. The smallest absolute Gasteiger partial charge is 0.226 e. The maximum atomic E-state index is 12.2. The Morgan fingerprint density at radius 2 is 2.17 bits per heavy atom. The summed E-state index contributed by atoms with van der Waals surface area (Å²) in [6, 6.07) is 5.21. The van der Waals surface area contributed by atoms with E-state index in [4.69, 9.17) is 4.74 Å². The van der Waals surface area contributed by atoms with Crippen LogP contribution in [0.15, 0.2) is 18.2 Å². The molecule has 1 amide bonds. The molecule has 1 aromatic rings. The molecule has 1 aliphatic rings. The van der Waals surface area contributed by atoms with Crippen molar-refractivity contribution in [3.63, 3.8) is 0 Å². The van der Waals surface area contributed by atoms with E-state index in [1.165, 1.54) is 0 Å². The van der Waals surface area contributed by atoms with Crippen LogP contribution in [-0.4, -0.2) is 42.5 Å². The van der Waals surface area contributed by atoms with Crippen molar-refractivity contribution in [2.24, 2.45) is 0 Å². The van der Waals surface area contributed by atoms with Gasteiger partial charge in [0.2, 0.25) is 11.8 Å². The lowest BCUT2D eigenvalue weighted by Crippen LogP contribution is -2.49. The summed E-state index contributed by atoms with van der Waals surface area (Å²) in [7, 11) is -3.08. The first-order chi connectivity index (χ1) is 10.7. The SMILES string of the molecule is CCOc1cccc(CC(=O)NC2CCS(=O)(=O)C(C)(C)C2)n1. The monoisotopic (exact) mass is 340 g/mol. The van der Waals surface area contributed by atoms with Crippen molar-refractivity contribution in [3.8, 4) is 5.88 Å². The summed E-state index contributed by atoms with van der Waals surface area (Å²) in [6.07, 6.45) is 1.06. The van der Waals surface area contributed by atoms with Gasteiger partial charge in [-0.25, -0.2) is 13.4 Å². The first-order valence-electron chi connectivity index (χ1n) is 7.84. The Bertz CT molecular complexity index is 670. The summed E-state index contributed by atoms with van der Waals surface area (Å²) in [5.74, 6) is 0.470. The molecule has 2 heterocycles. The zero-order valence-electron chi connectivity index (χ0n) is 13.8. The molecule has 0 radical (unpaired) electrons. The fraction of sp³-hybridized carbons (Fsp3) is 0.625. The van der Waals surface area contributed by atoms with Gasteiger partial charge in [-0.15, -0.1) is 0 Å². The number of amides is 1. The van der Waals surface area contributed by atoms with Crippen molar-refractivity contribution >= 4 is 15.7 Å². The minimum absolute atomic E-state index is 0.114. The van der Waals surface area contributed by atoms with Crippen molar-refractivity contribution in [1.29, 1.82) is 0 Å². The Morgan fingerprint density at radius 1 is 1.43 bits per heavy atom. The molecule has 1 unspecified atom stereocenters. The summed E-state index contributed by atoms with van der Waals surface area (Å²) in [5, 5.41) is 2.93. The van der Waals surface area contributed by atoms with Crippen LogP contribution in [0.2, 0.25) is 0 Å². The van der Waals surface area contributed by atoms with Gasteiger partial charge in [-0.05, 0) is 39.7 Å². The second kappa shape index (κ2) is 6.86. The number of nitrogens with one attached hydrogen (secondary N) is 1. The number of hydrogen-bond acceptors (Lipinski definition) is 5. The van der Waals surface area contributed by atoms with Crippen molar-refractivity contribution in [3.05, 3.63) is 23.9 Å². The number of carbonyl (C=O) groups excluding carboxylic acids is 1. The van der Waals surface area contributed by atoms with Gasteiger partial charge in [-0.3, -0.25) is 4.79 Å². The number of hydrogen-bond donors (Lipinski definition) is 1. The lowest BCUT2D eigenvalue weighted by atomic mass is 10.00. The minimum atomic E-state index is -3.08. The zero-order valence-corrected chi connectivity index (χ0v) is 14.6. The van der Waals surface area contributed by atoms with E-state index in [9.17, 15) is 13.2 Å². The van der Waals surface area contributed by atoms with Gasteiger partial charge in [0.25, 0.3) is 0 Å². The van der Waals surface area contributed by atoms with Crippen LogP contribution in [0.4, 0.5) is 0 Å². The molecule has 23 heavy (non-hydrogen) atoms. The van der Waals surface area contributed by atoms with Crippen molar-refractivity contribution < 1.29 is 17.9 Å². The van der Waals surface area contributed by atoms with E-state index in [1.807, 2.05) is 6.92 Å². The highest BCUT2D eigenvalue weighted by Gasteiger charge is 2.41. The van der Waals surface area contributed by atoms with E-state index in [-0.39, 0.29) is 24.1 Å². The van der Waals surface area contributed by atoms with E-state index in [0.717, 1.165) is 0 Å². The highest BCUT2D eigenvalue weighted by Crippen LogP contribution is 2.30. The standard InChI is InChI=1S/C16H24N2O4S/c1-4-22-15-7-5-6-12(18-15)10-14(19)17-13-8-9-23(20,21)16(2,3)11-13/h5-7,13H,4,8-11H2,1-3H3,(H,17,19). The molecule has 1 N–H and O–H groups in total. The minimum Gasteiger partial charge on any atom is -0.478 e. The van der Waals surface area contributed by atoms with Crippen LogP contribution >= 0.6 is 0 Å². The Hall–Kier alpha value is -1.63. The largest absolute Gasteiger partial charge is 0.478 e. The van der Waals surface area contributed by atoms with Gasteiger partial charge in [-0.1, -0.05) is 6.07 Å². The van der Waals surface area contributed by atoms with Gasteiger partial charge < -0.3 is 10.1 Å². The molecule has 2 rings (SSSR count). The molecule has 0 aliphatic carbocycles. The van der Waals surface area contributed by atoms with Crippen LogP contribution in [-0.2, 0) is 21.1 Å². The summed E-state index contributed by atoms with van der Waals surface area (Å²) < 4.78 is 28.5. The predicted octanol–water partition coefficient (Wildman–Crippen LogP) is 1.49. The number of carbonyl (C=O) groups is 1. The Kier molecular flexibility index (Phi) is 5.29. The summed E-state index contributed by atoms with van der Waals surface area (Å²) in [4.78, 5) is 16.4. The molecule has 6 nitrogen and oxygen atoms in total. The average molecular weight is 340 g/mol. The summed E-state index contributed by atoms with van der Waals surface area (Å²) in [6.45, 7) is 5.83. The highest BCUT2D eigenvalue weighted by molar-refractivity contribution is 7.92. The van der Waals surface area contributed by atoms with Gasteiger partial charge in [0.15, 0.2) is 9.84 Å². The normalized spacial score (nSPS) is 22.3. The maximum Gasteiger partial charge on any atom is 0.226 e. The fourth-order valence-electron chi connectivity index (χ4n) is 2.75. The van der Waals surface area contributed by atoms with Crippen LogP contribution in [0.25, 0.3) is 0 Å². The average Bonchev–Trinajstić information content (AvgIpc) is 2.44. The number of ether oxygens (including phenoxy) is 1. The lowest BCUT2D eigenvalue weighted by molar-refractivity contribution is -0.121. The van der Waals surface area contributed by atoms with Gasteiger partial charge in [0.1, 0.15) is 0 Å². The maximum absolute atomic E-state index is 12.2. The molecule has 0 saturated carbocycles. The molecule has 0 aromatic carbocycles. The quantitative estimate of drug-likeness (QED) is 0.878. The Balaban J connectivity index is 1.94. The number of rotatable bonds is 5. The van der Waals surface area contributed by atoms with E-state index in [1.54, 1.807) is 32.0 Å². The van der Waals surface area contributed by atoms with Crippen LogP contribution < -0.4 is 10.1 Å². The van der Waals surface area contributed by atoms with Crippen LogP contribution in [0.5, 0.6) is 5.88 Å². The first kappa shape index (κ1) is 17.7. The predicted molar refractivity (Wildman–Crippen MR) is 88.1 cm³/mol. The number of pyridine rings is 1. The molecule has 1 aliphatic heterocycles. The van der Waals surface area contributed by atoms with Crippen LogP contribution in [0, 0.1) is 0 Å². The van der Waals surface area contributed by atoms with Crippen molar-refractivity contribution in [2.45, 2.75) is 50.8 Å². The molecule has 128 valence electrons. The third-order valence-corrected chi connectivity index (χ3v) is 6.72. The third-order valence-electron chi connectivity index (χ3n) is 4.10. The Labute approximate surface area is 137 Å². The van der Waals surface area contributed by atoms with E-state index in [2.05, 4.69) is 10.3 Å². The van der Waals surface area contributed by atoms with Gasteiger partial charge in [0.05, 0.1) is 29.2 Å². The zero-order chi connectivity index (χ0) is 17.1.